The zero-order chi connectivity index (χ0) is 24.0. The fraction of sp³-hybridized carbons (Fsp3) is 0.130. The molecule has 0 aliphatic carbocycles. The third-order valence-corrected chi connectivity index (χ3v) is 5.45. The molecule has 0 spiro atoms. The highest BCUT2D eigenvalue weighted by molar-refractivity contribution is 6.30. The number of fused-ring (bicyclic) bond motifs is 2. The first kappa shape index (κ1) is 21.9. The van der Waals surface area contributed by atoms with Crippen molar-refractivity contribution in [1.29, 1.82) is 0 Å². The monoisotopic (exact) mass is 484 g/mol. The Morgan fingerprint density at radius 1 is 1.06 bits per heavy atom. The van der Waals surface area contributed by atoms with Crippen molar-refractivity contribution in [3.63, 3.8) is 0 Å². The summed E-state index contributed by atoms with van der Waals surface area (Å²) in [4.78, 5) is 21.9. The number of hydrogen-bond acceptors (Lipinski definition) is 5. The minimum Gasteiger partial charge on any atom is -0.345 e. The molecular formula is C23H16ClF3N6O. The van der Waals surface area contributed by atoms with Crippen LogP contribution in [0.3, 0.4) is 0 Å². The fourth-order valence-corrected chi connectivity index (χ4v) is 3.84. The highest BCUT2D eigenvalue weighted by Crippen LogP contribution is 2.26. The summed E-state index contributed by atoms with van der Waals surface area (Å²) in [6.45, 7) is -1.30. The van der Waals surface area contributed by atoms with Gasteiger partial charge in [0.25, 0.3) is 5.56 Å². The van der Waals surface area contributed by atoms with E-state index in [0.29, 0.717) is 27.2 Å². The summed E-state index contributed by atoms with van der Waals surface area (Å²) in [5, 5.41) is 8.33. The number of nitrogens with zero attached hydrogens (tertiary/aromatic N) is 5. The smallest absolute Gasteiger partial charge is 0.345 e. The van der Waals surface area contributed by atoms with Crippen LogP contribution in [0.25, 0.3) is 38.8 Å². The number of anilines is 1. The number of hydrogen-bond donors (Lipinski definition) is 1. The maximum Gasteiger partial charge on any atom is 0.405 e. The molecule has 0 unspecified atom stereocenters. The number of aryl methyl sites for hydroxylation is 1. The van der Waals surface area contributed by atoms with Crippen LogP contribution in [0.4, 0.5) is 19.1 Å². The molecular weight excluding hydrogens is 469 g/mol. The number of nitrogens with one attached hydrogen (secondary N) is 1. The Bertz CT molecular complexity index is 1590. The van der Waals surface area contributed by atoms with E-state index in [2.05, 4.69) is 20.4 Å². The Kier molecular flexibility index (Phi) is 5.24. The average Bonchev–Trinajstić information content (AvgIpc) is 3.17. The summed E-state index contributed by atoms with van der Waals surface area (Å²) in [5.41, 5.74) is 2.07. The Hall–Kier alpha value is -3.92. The molecule has 34 heavy (non-hydrogen) atoms. The van der Waals surface area contributed by atoms with Gasteiger partial charge in [0.15, 0.2) is 5.65 Å². The number of alkyl halides is 3. The van der Waals surface area contributed by atoms with Gasteiger partial charge in [-0.1, -0.05) is 17.7 Å². The van der Waals surface area contributed by atoms with Gasteiger partial charge in [0.2, 0.25) is 5.95 Å². The second-order valence-electron chi connectivity index (χ2n) is 7.69. The molecule has 7 nitrogen and oxygen atoms in total. The minimum atomic E-state index is -4.44. The molecule has 0 amide bonds. The molecule has 2 aromatic carbocycles. The van der Waals surface area contributed by atoms with E-state index in [0.717, 1.165) is 10.9 Å². The van der Waals surface area contributed by atoms with E-state index in [9.17, 15) is 18.0 Å². The van der Waals surface area contributed by atoms with Gasteiger partial charge in [0, 0.05) is 40.8 Å². The van der Waals surface area contributed by atoms with E-state index in [-0.39, 0.29) is 11.6 Å². The Labute approximate surface area is 195 Å². The first-order valence-corrected chi connectivity index (χ1v) is 10.5. The molecule has 11 heteroatoms. The quantitative estimate of drug-likeness (QED) is 0.390. The first-order valence-electron chi connectivity index (χ1n) is 10.1. The van der Waals surface area contributed by atoms with Crippen LogP contribution >= 0.6 is 11.6 Å². The van der Waals surface area contributed by atoms with Gasteiger partial charge in [-0.05, 0) is 48.0 Å². The van der Waals surface area contributed by atoms with Gasteiger partial charge in [-0.3, -0.25) is 14.0 Å². The summed E-state index contributed by atoms with van der Waals surface area (Å²) in [5.74, 6) is -0.239. The van der Waals surface area contributed by atoms with Crippen LogP contribution in [0.15, 0.2) is 65.7 Å². The number of aromatic nitrogens is 5. The lowest BCUT2D eigenvalue weighted by atomic mass is 10.0. The van der Waals surface area contributed by atoms with Crippen LogP contribution in [0.5, 0.6) is 0 Å². The molecule has 3 aromatic heterocycles. The van der Waals surface area contributed by atoms with Crippen LogP contribution in [0, 0.1) is 0 Å². The van der Waals surface area contributed by atoms with Crippen LogP contribution in [0.2, 0.25) is 5.02 Å². The van der Waals surface area contributed by atoms with Crippen LogP contribution in [-0.2, 0) is 7.05 Å². The fourth-order valence-electron chi connectivity index (χ4n) is 3.71. The van der Waals surface area contributed by atoms with Crippen LogP contribution < -0.4 is 10.9 Å². The molecule has 0 atom stereocenters. The summed E-state index contributed by atoms with van der Waals surface area (Å²) in [7, 11) is 1.81. The summed E-state index contributed by atoms with van der Waals surface area (Å²) < 4.78 is 41.0. The maximum atomic E-state index is 13.7. The number of halogens is 4. The van der Waals surface area contributed by atoms with E-state index in [1.807, 2.05) is 25.4 Å². The predicted molar refractivity (Wildman–Crippen MR) is 124 cm³/mol. The van der Waals surface area contributed by atoms with Gasteiger partial charge in [0.05, 0.1) is 11.2 Å². The Morgan fingerprint density at radius 3 is 2.56 bits per heavy atom. The SMILES string of the molecule is Cn1cc2cc(-c3cc4cnc(NCC(F)(F)F)nc4n(-c4ccc(Cl)cc4)c3=O)ccc2n1. The molecule has 3 heterocycles. The van der Waals surface area contributed by atoms with Crippen molar-refractivity contribution < 1.29 is 13.2 Å². The van der Waals surface area contributed by atoms with Gasteiger partial charge >= 0.3 is 6.18 Å². The summed E-state index contributed by atoms with van der Waals surface area (Å²) >= 11 is 6.01. The van der Waals surface area contributed by atoms with Gasteiger partial charge in [0.1, 0.15) is 6.54 Å². The molecule has 0 radical (unpaired) electrons. The Morgan fingerprint density at radius 2 is 1.82 bits per heavy atom. The van der Waals surface area contributed by atoms with Crippen molar-refractivity contribution in [2.24, 2.45) is 7.05 Å². The Balaban J connectivity index is 1.73. The zero-order valence-electron chi connectivity index (χ0n) is 17.6. The topological polar surface area (TPSA) is 77.6 Å². The molecule has 0 aliphatic rings. The standard InChI is InChI=1S/C23H16ClF3N6O/c1-32-11-15-8-13(2-7-19(15)31-32)18-9-14-10-28-22(29-12-23(25,26)27)30-20(14)33(21(18)34)17-5-3-16(24)4-6-17/h2-11H,12H2,1H3,(H,28,29,30). The van der Waals surface area contributed by atoms with E-state index in [1.54, 1.807) is 41.1 Å². The molecule has 0 aliphatic heterocycles. The number of pyridine rings is 1. The molecule has 0 bridgehead atoms. The van der Waals surface area contributed by atoms with E-state index < -0.39 is 18.3 Å². The van der Waals surface area contributed by atoms with E-state index in [4.69, 9.17) is 11.6 Å². The highest BCUT2D eigenvalue weighted by atomic mass is 35.5. The van der Waals surface area contributed by atoms with E-state index in [1.165, 1.54) is 10.8 Å². The van der Waals surface area contributed by atoms with Crippen molar-refractivity contribution in [3.8, 4) is 16.8 Å². The molecule has 0 saturated carbocycles. The third kappa shape index (κ3) is 4.19. The van der Waals surface area contributed by atoms with Crippen LogP contribution in [0.1, 0.15) is 0 Å². The van der Waals surface area contributed by atoms with Gasteiger partial charge in [-0.2, -0.15) is 23.3 Å². The minimum absolute atomic E-state index is 0.165. The first-order chi connectivity index (χ1) is 16.2. The molecule has 5 aromatic rings. The van der Waals surface area contributed by atoms with Crippen molar-refractivity contribution in [2.75, 3.05) is 11.9 Å². The van der Waals surface area contributed by atoms with Gasteiger partial charge in [-0.25, -0.2) is 4.98 Å². The van der Waals surface area contributed by atoms with Crippen molar-refractivity contribution in [1.82, 2.24) is 24.3 Å². The average molecular weight is 485 g/mol. The summed E-state index contributed by atoms with van der Waals surface area (Å²) in [6, 6.07) is 13.6. The summed E-state index contributed by atoms with van der Waals surface area (Å²) in [6.07, 6.45) is -1.21. The highest BCUT2D eigenvalue weighted by Gasteiger charge is 2.27. The van der Waals surface area contributed by atoms with Gasteiger partial charge < -0.3 is 5.32 Å². The second-order valence-corrected chi connectivity index (χ2v) is 8.13. The molecule has 0 saturated heterocycles. The lowest BCUT2D eigenvalue weighted by Crippen LogP contribution is -2.24. The second kappa shape index (κ2) is 8.14. The predicted octanol–water partition coefficient (Wildman–Crippen LogP) is 4.96. The van der Waals surface area contributed by atoms with Crippen molar-refractivity contribution >= 4 is 39.5 Å². The molecule has 1 N–H and O–H groups in total. The third-order valence-electron chi connectivity index (χ3n) is 5.20. The van der Waals surface area contributed by atoms with Crippen molar-refractivity contribution in [3.05, 3.63) is 76.3 Å². The lowest BCUT2D eigenvalue weighted by molar-refractivity contribution is -0.115. The molecule has 5 rings (SSSR count). The maximum absolute atomic E-state index is 13.7. The zero-order valence-corrected chi connectivity index (χ0v) is 18.4. The van der Waals surface area contributed by atoms with E-state index >= 15 is 0 Å². The van der Waals surface area contributed by atoms with Gasteiger partial charge in [-0.15, -0.1) is 0 Å². The number of benzene rings is 2. The largest absolute Gasteiger partial charge is 0.405 e. The molecule has 172 valence electrons. The lowest BCUT2D eigenvalue weighted by Gasteiger charge is -2.14. The molecule has 0 fully saturated rings. The normalized spacial score (nSPS) is 11.9. The van der Waals surface area contributed by atoms with Crippen LogP contribution in [-0.4, -0.2) is 37.0 Å². The van der Waals surface area contributed by atoms with Crippen molar-refractivity contribution in [2.45, 2.75) is 6.18 Å². The number of rotatable bonds is 4.